The van der Waals surface area contributed by atoms with E-state index in [1.165, 1.54) is 12.3 Å². The second kappa shape index (κ2) is 4.47. The molecule has 1 N–H and O–H groups in total. The number of nitrogens with zero attached hydrogens (tertiary/aromatic N) is 2. The molecule has 0 aliphatic carbocycles. The Hall–Kier alpha value is -1.22. The van der Waals surface area contributed by atoms with Gasteiger partial charge in [0.05, 0.1) is 4.47 Å². The predicted molar refractivity (Wildman–Crippen MR) is 61.8 cm³/mol. The van der Waals surface area contributed by atoms with Gasteiger partial charge < -0.3 is 5.11 Å². The first-order chi connectivity index (χ1) is 8.29. The van der Waals surface area contributed by atoms with Crippen LogP contribution >= 0.6 is 27.7 Å². The van der Waals surface area contributed by atoms with E-state index in [-0.39, 0.29) is 5.65 Å². The van der Waals surface area contributed by atoms with Crippen LogP contribution in [0, 0.1) is 0 Å². The number of aromatic nitrogens is 2. The van der Waals surface area contributed by atoms with Gasteiger partial charge in [-0.1, -0.05) is 0 Å². The highest BCUT2D eigenvalue weighted by Crippen LogP contribution is 2.39. The predicted octanol–water partition coefficient (Wildman–Crippen LogP) is 3.41. The van der Waals surface area contributed by atoms with E-state index in [0.717, 1.165) is 4.40 Å². The number of carboxylic acid groups (broad SMARTS) is 1. The maximum Gasteiger partial charge on any atom is 0.447 e. The molecule has 0 saturated carbocycles. The van der Waals surface area contributed by atoms with E-state index in [0.29, 0.717) is 4.47 Å². The molecule has 0 amide bonds. The maximum absolute atomic E-state index is 12.4. The Labute approximate surface area is 111 Å². The summed E-state index contributed by atoms with van der Waals surface area (Å²) in [5.74, 6) is -1.50. The van der Waals surface area contributed by atoms with E-state index >= 15 is 0 Å². The van der Waals surface area contributed by atoms with Gasteiger partial charge in [0.25, 0.3) is 0 Å². The number of alkyl halides is 3. The van der Waals surface area contributed by atoms with Gasteiger partial charge >= 0.3 is 11.5 Å². The van der Waals surface area contributed by atoms with Crippen molar-refractivity contribution in [3.63, 3.8) is 0 Å². The lowest BCUT2D eigenvalue weighted by Gasteiger charge is -2.06. The highest BCUT2D eigenvalue weighted by molar-refractivity contribution is 9.10. The van der Waals surface area contributed by atoms with Crippen LogP contribution in [0.4, 0.5) is 13.2 Å². The number of carbonyl (C=O) groups is 1. The fraction of sp³-hybridized carbons (Fsp3) is 0.111. The minimum absolute atomic E-state index is 0.127. The zero-order valence-corrected chi connectivity index (χ0v) is 10.8. The Morgan fingerprint density at radius 3 is 2.72 bits per heavy atom. The van der Waals surface area contributed by atoms with Crippen molar-refractivity contribution < 1.29 is 23.1 Å². The molecule has 0 spiro atoms. The highest BCUT2D eigenvalue weighted by Gasteiger charge is 2.34. The van der Waals surface area contributed by atoms with Crippen LogP contribution in [0.2, 0.25) is 0 Å². The van der Waals surface area contributed by atoms with Gasteiger partial charge in [-0.25, -0.2) is 9.78 Å². The number of thioether (sulfide) groups is 1. The van der Waals surface area contributed by atoms with Crippen molar-refractivity contribution >= 4 is 39.3 Å². The molecule has 0 bridgehead atoms. The van der Waals surface area contributed by atoms with E-state index in [1.807, 2.05) is 0 Å². The third kappa shape index (κ3) is 2.46. The molecule has 0 fully saturated rings. The van der Waals surface area contributed by atoms with Crippen LogP contribution in [0.1, 0.15) is 10.5 Å². The average molecular weight is 341 g/mol. The summed E-state index contributed by atoms with van der Waals surface area (Å²) in [4.78, 5) is 14.6. The SMILES string of the molecule is O=C(O)c1nc2c(Br)cccn2c1SC(F)(F)F. The molecular weight excluding hydrogens is 337 g/mol. The molecule has 0 aromatic carbocycles. The van der Waals surface area contributed by atoms with Crippen LogP contribution in [0.3, 0.4) is 0 Å². The van der Waals surface area contributed by atoms with Crippen LogP contribution in [-0.4, -0.2) is 26.0 Å². The summed E-state index contributed by atoms with van der Waals surface area (Å²) in [6.07, 6.45) is 1.33. The summed E-state index contributed by atoms with van der Waals surface area (Å²) in [5.41, 5.74) is -5.08. The molecule has 0 unspecified atom stereocenters. The zero-order valence-electron chi connectivity index (χ0n) is 8.40. The van der Waals surface area contributed by atoms with Crippen molar-refractivity contribution in [3.8, 4) is 0 Å². The Balaban J connectivity index is 2.71. The first kappa shape index (κ1) is 13.2. The Morgan fingerprint density at radius 2 is 2.17 bits per heavy atom. The monoisotopic (exact) mass is 340 g/mol. The second-order valence-electron chi connectivity index (χ2n) is 3.17. The maximum atomic E-state index is 12.4. The molecule has 2 rings (SSSR count). The average Bonchev–Trinajstić information content (AvgIpc) is 2.57. The largest absolute Gasteiger partial charge is 0.476 e. The van der Waals surface area contributed by atoms with Crippen LogP contribution in [0.5, 0.6) is 0 Å². The Bertz CT molecular complexity index is 626. The topological polar surface area (TPSA) is 54.6 Å². The minimum Gasteiger partial charge on any atom is -0.476 e. The van der Waals surface area contributed by atoms with Gasteiger partial charge in [0, 0.05) is 18.0 Å². The number of aromatic carboxylic acids is 1. The zero-order chi connectivity index (χ0) is 13.5. The van der Waals surface area contributed by atoms with Crippen LogP contribution in [0.25, 0.3) is 5.65 Å². The molecule has 0 aliphatic heterocycles. The van der Waals surface area contributed by atoms with E-state index in [1.54, 1.807) is 6.07 Å². The lowest BCUT2D eigenvalue weighted by molar-refractivity contribution is -0.0329. The highest BCUT2D eigenvalue weighted by atomic mass is 79.9. The standard InChI is InChI=1S/C9H4BrF3N2O2S/c10-4-2-1-3-15-6(4)14-5(8(16)17)7(15)18-9(11,12)13/h1-3H,(H,16,17). The van der Waals surface area contributed by atoms with Gasteiger partial charge in [-0.3, -0.25) is 4.40 Å². The van der Waals surface area contributed by atoms with Gasteiger partial charge in [-0.15, -0.1) is 0 Å². The third-order valence-corrected chi connectivity index (χ3v) is 3.41. The molecule has 0 aliphatic rings. The normalized spacial score (nSPS) is 12.0. The summed E-state index contributed by atoms with van der Waals surface area (Å²) in [7, 11) is 0. The van der Waals surface area contributed by atoms with Gasteiger partial charge in [0.2, 0.25) is 0 Å². The van der Waals surface area contributed by atoms with Crippen molar-refractivity contribution in [1.29, 1.82) is 0 Å². The number of hydrogen-bond acceptors (Lipinski definition) is 3. The first-order valence-electron chi connectivity index (χ1n) is 4.45. The molecule has 0 atom stereocenters. The lowest BCUT2D eigenvalue weighted by Crippen LogP contribution is -2.05. The molecule has 4 nitrogen and oxygen atoms in total. The van der Waals surface area contributed by atoms with Gasteiger partial charge in [0.1, 0.15) is 5.03 Å². The van der Waals surface area contributed by atoms with Gasteiger partial charge in [-0.2, -0.15) is 13.2 Å². The first-order valence-corrected chi connectivity index (χ1v) is 6.06. The molecular formula is C9H4BrF3N2O2S. The van der Waals surface area contributed by atoms with E-state index < -0.39 is 34.0 Å². The van der Waals surface area contributed by atoms with Crippen molar-refractivity contribution in [1.82, 2.24) is 9.38 Å². The molecule has 18 heavy (non-hydrogen) atoms. The van der Waals surface area contributed by atoms with Crippen LogP contribution in [0.15, 0.2) is 27.8 Å². The number of hydrogen-bond donors (Lipinski definition) is 1. The quantitative estimate of drug-likeness (QED) is 0.851. The van der Waals surface area contributed by atoms with Crippen molar-refractivity contribution in [2.24, 2.45) is 0 Å². The van der Waals surface area contributed by atoms with Gasteiger partial charge in [0.15, 0.2) is 11.3 Å². The molecule has 96 valence electrons. The molecule has 2 aromatic heterocycles. The summed E-state index contributed by atoms with van der Waals surface area (Å²) >= 11 is 2.61. The smallest absolute Gasteiger partial charge is 0.447 e. The summed E-state index contributed by atoms with van der Waals surface area (Å²) in [5, 5.41) is 8.42. The number of imidazole rings is 1. The fourth-order valence-corrected chi connectivity index (χ4v) is 2.49. The number of fused-ring (bicyclic) bond motifs is 1. The van der Waals surface area contributed by atoms with Crippen molar-refractivity contribution in [2.45, 2.75) is 10.5 Å². The summed E-state index contributed by atoms with van der Waals surface area (Å²) < 4.78 is 38.7. The molecule has 2 aromatic rings. The van der Waals surface area contributed by atoms with Crippen molar-refractivity contribution in [3.05, 3.63) is 28.5 Å². The number of pyridine rings is 1. The Kier molecular flexibility index (Phi) is 3.28. The van der Waals surface area contributed by atoms with E-state index in [2.05, 4.69) is 20.9 Å². The minimum atomic E-state index is -4.58. The third-order valence-electron chi connectivity index (χ3n) is 1.97. The molecule has 0 saturated heterocycles. The summed E-state index contributed by atoms with van der Waals surface area (Å²) in [6, 6.07) is 3.06. The molecule has 0 radical (unpaired) electrons. The van der Waals surface area contributed by atoms with Crippen molar-refractivity contribution in [2.75, 3.05) is 0 Å². The van der Waals surface area contributed by atoms with Crippen LogP contribution < -0.4 is 0 Å². The number of halogens is 4. The van der Waals surface area contributed by atoms with E-state index in [9.17, 15) is 18.0 Å². The second-order valence-corrected chi connectivity index (χ2v) is 5.08. The van der Waals surface area contributed by atoms with Gasteiger partial charge in [-0.05, 0) is 28.1 Å². The molecule has 2 heterocycles. The summed E-state index contributed by atoms with van der Waals surface area (Å²) in [6.45, 7) is 0. The van der Waals surface area contributed by atoms with E-state index in [4.69, 9.17) is 5.11 Å². The lowest BCUT2D eigenvalue weighted by atomic mass is 10.5. The Morgan fingerprint density at radius 1 is 1.50 bits per heavy atom. The number of carboxylic acids is 1. The van der Waals surface area contributed by atoms with Crippen LogP contribution in [-0.2, 0) is 0 Å². The number of rotatable bonds is 2. The fourth-order valence-electron chi connectivity index (χ4n) is 1.36. The molecule has 9 heteroatoms.